The Balaban J connectivity index is 2.16. The molecule has 0 aromatic carbocycles. The van der Waals surface area contributed by atoms with Crippen LogP contribution in [0.25, 0.3) is 0 Å². The van der Waals surface area contributed by atoms with E-state index in [9.17, 15) is 0 Å². The van der Waals surface area contributed by atoms with Crippen molar-refractivity contribution in [3.8, 4) is 0 Å². The minimum atomic E-state index is 1.13. The highest BCUT2D eigenvalue weighted by Crippen LogP contribution is 2.09. The summed E-state index contributed by atoms with van der Waals surface area (Å²) in [5.74, 6) is 1.17. The molecule has 0 aromatic heterocycles. The van der Waals surface area contributed by atoms with Gasteiger partial charge in [0.2, 0.25) is 0 Å². The van der Waals surface area contributed by atoms with Crippen molar-refractivity contribution < 1.29 is 0 Å². The lowest BCUT2D eigenvalue weighted by Gasteiger charge is -2.19. The fourth-order valence-electron chi connectivity index (χ4n) is 2.14. The summed E-state index contributed by atoms with van der Waals surface area (Å²) in [5, 5.41) is 0. The molecule has 1 aliphatic heterocycles. The van der Waals surface area contributed by atoms with Gasteiger partial charge in [-0.3, -0.25) is 4.99 Å². The van der Waals surface area contributed by atoms with Crippen LogP contribution in [-0.2, 0) is 0 Å². The first-order chi connectivity index (χ1) is 7.29. The van der Waals surface area contributed by atoms with Crippen LogP contribution in [0.1, 0.15) is 39.0 Å². The maximum absolute atomic E-state index is 4.33. The molecular formula is C12H25N3. The van der Waals surface area contributed by atoms with Crippen LogP contribution in [0.3, 0.4) is 0 Å². The summed E-state index contributed by atoms with van der Waals surface area (Å²) in [6.45, 7) is 5.72. The highest BCUT2D eigenvalue weighted by atomic mass is 15.4. The third-order valence-electron chi connectivity index (χ3n) is 3.06. The standard InChI is InChI=1S/C12H25N3/c1-4-5-6-7-8-9-15-11-10-14(3)12(15)13-2/h4-11H2,1-3H3. The van der Waals surface area contributed by atoms with Crippen molar-refractivity contribution in [2.24, 2.45) is 4.99 Å². The highest BCUT2D eigenvalue weighted by molar-refractivity contribution is 5.81. The van der Waals surface area contributed by atoms with Crippen LogP contribution >= 0.6 is 0 Å². The molecule has 0 aromatic rings. The number of nitrogens with zero attached hydrogens (tertiary/aromatic N) is 3. The topological polar surface area (TPSA) is 18.8 Å². The molecule has 0 atom stereocenters. The lowest BCUT2D eigenvalue weighted by atomic mass is 10.1. The number of unbranched alkanes of at least 4 members (excludes halogenated alkanes) is 4. The van der Waals surface area contributed by atoms with Gasteiger partial charge >= 0.3 is 0 Å². The van der Waals surface area contributed by atoms with Crippen LogP contribution in [0, 0.1) is 0 Å². The van der Waals surface area contributed by atoms with Crippen LogP contribution in [0.4, 0.5) is 0 Å². The second kappa shape index (κ2) is 6.70. The summed E-state index contributed by atoms with van der Waals surface area (Å²) in [6, 6.07) is 0. The Morgan fingerprint density at radius 2 is 1.87 bits per heavy atom. The molecule has 0 aliphatic carbocycles. The maximum atomic E-state index is 4.33. The van der Waals surface area contributed by atoms with E-state index in [0.717, 1.165) is 13.1 Å². The fourth-order valence-corrected chi connectivity index (χ4v) is 2.14. The molecular weight excluding hydrogens is 186 g/mol. The van der Waals surface area contributed by atoms with Gasteiger partial charge in [-0.1, -0.05) is 32.6 Å². The van der Waals surface area contributed by atoms with Crippen molar-refractivity contribution in [2.75, 3.05) is 33.7 Å². The smallest absolute Gasteiger partial charge is 0.196 e. The summed E-state index contributed by atoms with van der Waals surface area (Å²) < 4.78 is 0. The molecule has 15 heavy (non-hydrogen) atoms. The average Bonchev–Trinajstić information content (AvgIpc) is 2.59. The van der Waals surface area contributed by atoms with Gasteiger partial charge in [0.25, 0.3) is 0 Å². The Labute approximate surface area is 94.2 Å². The van der Waals surface area contributed by atoms with Gasteiger partial charge in [0.15, 0.2) is 5.96 Å². The quantitative estimate of drug-likeness (QED) is 0.627. The molecule has 0 amide bonds. The van der Waals surface area contributed by atoms with Crippen molar-refractivity contribution in [1.29, 1.82) is 0 Å². The van der Waals surface area contributed by atoms with Gasteiger partial charge in [0.05, 0.1) is 0 Å². The predicted molar refractivity (Wildman–Crippen MR) is 66.3 cm³/mol. The van der Waals surface area contributed by atoms with Crippen molar-refractivity contribution in [3.63, 3.8) is 0 Å². The minimum Gasteiger partial charge on any atom is -0.344 e. The summed E-state index contributed by atoms with van der Waals surface area (Å²) >= 11 is 0. The van der Waals surface area contributed by atoms with Crippen LogP contribution in [0.15, 0.2) is 4.99 Å². The molecule has 1 fully saturated rings. The van der Waals surface area contributed by atoms with Crippen LogP contribution in [-0.4, -0.2) is 49.5 Å². The zero-order valence-corrected chi connectivity index (χ0v) is 10.5. The first-order valence-electron chi connectivity index (χ1n) is 6.22. The Bertz CT molecular complexity index is 201. The fraction of sp³-hybridized carbons (Fsp3) is 0.917. The van der Waals surface area contributed by atoms with Crippen LogP contribution in [0.5, 0.6) is 0 Å². The average molecular weight is 211 g/mol. The minimum absolute atomic E-state index is 1.13. The number of hydrogen-bond donors (Lipinski definition) is 0. The summed E-state index contributed by atoms with van der Waals surface area (Å²) in [6.07, 6.45) is 6.78. The number of likely N-dealkylation sites (N-methyl/N-ethyl adjacent to an activating group) is 1. The van der Waals surface area contributed by atoms with Gasteiger partial charge in [-0.15, -0.1) is 0 Å². The SMILES string of the molecule is CCCCCCCN1CCN(C)C1=NC. The van der Waals surface area contributed by atoms with E-state index in [4.69, 9.17) is 0 Å². The first kappa shape index (κ1) is 12.3. The normalized spacial score (nSPS) is 19.3. The van der Waals surface area contributed by atoms with E-state index < -0.39 is 0 Å². The van der Waals surface area contributed by atoms with E-state index >= 15 is 0 Å². The van der Waals surface area contributed by atoms with Gasteiger partial charge in [-0.2, -0.15) is 0 Å². The molecule has 0 bridgehead atoms. The van der Waals surface area contributed by atoms with E-state index in [1.54, 1.807) is 0 Å². The highest BCUT2D eigenvalue weighted by Gasteiger charge is 2.21. The van der Waals surface area contributed by atoms with Crippen LogP contribution < -0.4 is 0 Å². The lowest BCUT2D eigenvalue weighted by Crippen LogP contribution is -2.32. The molecule has 0 saturated carbocycles. The van der Waals surface area contributed by atoms with Crippen molar-refractivity contribution in [2.45, 2.75) is 39.0 Å². The van der Waals surface area contributed by atoms with E-state index in [-0.39, 0.29) is 0 Å². The second-order valence-corrected chi connectivity index (χ2v) is 4.35. The third kappa shape index (κ3) is 3.73. The molecule has 1 heterocycles. The Morgan fingerprint density at radius 3 is 2.53 bits per heavy atom. The monoisotopic (exact) mass is 211 g/mol. The molecule has 0 spiro atoms. The Kier molecular flexibility index (Phi) is 5.51. The van der Waals surface area contributed by atoms with Crippen molar-refractivity contribution in [1.82, 2.24) is 9.80 Å². The Hall–Kier alpha value is -0.730. The number of rotatable bonds is 6. The Morgan fingerprint density at radius 1 is 1.13 bits per heavy atom. The van der Waals surface area contributed by atoms with E-state index in [0.29, 0.717) is 0 Å². The van der Waals surface area contributed by atoms with Gasteiger partial charge in [0, 0.05) is 33.7 Å². The van der Waals surface area contributed by atoms with Crippen molar-refractivity contribution >= 4 is 5.96 Å². The van der Waals surface area contributed by atoms with E-state index in [1.807, 2.05) is 7.05 Å². The predicted octanol–water partition coefficient (Wildman–Crippen LogP) is 2.19. The second-order valence-electron chi connectivity index (χ2n) is 4.35. The largest absolute Gasteiger partial charge is 0.344 e. The molecule has 3 nitrogen and oxygen atoms in total. The summed E-state index contributed by atoms with van der Waals surface area (Å²) in [4.78, 5) is 8.98. The van der Waals surface area contributed by atoms with Gasteiger partial charge < -0.3 is 9.80 Å². The number of aliphatic imine (C=N–C) groups is 1. The molecule has 0 unspecified atom stereocenters. The third-order valence-corrected chi connectivity index (χ3v) is 3.06. The molecule has 1 aliphatic rings. The lowest BCUT2D eigenvalue weighted by molar-refractivity contribution is 0.435. The van der Waals surface area contributed by atoms with Gasteiger partial charge in [-0.25, -0.2) is 0 Å². The zero-order chi connectivity index (χ0) is 11.1. The molecule has 0 N–H and O–H groups in total. The van der Waals surface area contributed by atoms with E-state index in [2.05, 4.69) is 28.8 Å². The van der Waals surface area contributed by atoms with E-state index in [1.165, 1.54) is 44.6 Å². The maximum Gasteiger partial charge on any atom is 0.196 e. The van der Waals surface area contributed by atoms with Crippen LogP contribution in [0.2, 0.25) is 0 Å². The van der Waals surface area contributed by atoms with Crippen molar-refractivity contribution in [3.05, 3.63) is 0 Å². The van der Waals surface area contributed by atoms with Gasteiger partial charge in [-0.05, 0) is 6.42 Å². The number of guanidine groups is 1. The molecule has 1 rings (SSSR count). The summed E-state index contributed by atoms with van der Waals surface area (Å²) in [5.41, 5.74) is 0. The molecule has 1 saturated heterocycles. The zero-order valence-electron chi connectivity index (χ0n) is 10.5. The summed E-state index contributed by atoms with van der Waals surface area (Å²) in [7, 11) is 4.01. The number of hydrogen-bond acceptors (Lipinski definition) is 1. The first-order valence-corrected chi connectivity index (χ1v) is 6.22. The molecule has 88 valence electrons. The van der Waals surface area contributed by atoms with Gasteiger partial charge in [0.1, 0.15) is 0 Å². The molecule has 3 heteroatoms. The molecule has 0 radical (unpaired) electrons.